The Morgan fingerprint density at radius 2 is 2.16 bits per heavy atom. The van der Waals surface area contributed by atoms with Gasteiger partial charge in [-0.2, -0.15) is 5.10 Å². The molecule has 2 rings (SSSR count). The second-order valence-electron chi connectivity index (χ2n) is 4.73. The summed E-state index contributed by atoms with van der Waals surface area (Å²) < 4.78 is 1.44. The van der Waals surface area contributed by atoms with E-state index in [0.29, 0.717) is 23.8 Å². The lowest BCUT2D eigenvalue weighted by molar-refractivity contribution is 0.443. The first-order chi connectivity index (χ1) is 9.05. The van der Waals surface area contributed by atoms with Crippen LogP contribution in [0.1, 0.15) is 32.5 Å². The van der Waals surface area contributed by atoms with Crippen LogP contribution in [0.4, 0.5) is 5.82 Å². The van der Waals surface area contributed by atoms with Crippen molar-refractivity contribution in [3.8, 4) is 0 Å². The number of aromatic nitrogens is 4. The minimum Gasteiger partial charge on any atom is -0.363 e. The molecule has 104 valence electrons. The number of nitrogens with zero attached hydrogens (tertiary/aromatic N) is 3. The fourth-order valence-corrected chi connectivity index (χ4v) is 2.20. The maximum atomic E-state index is 11.5. The van der Waals surface area contributed by atoms with Crippen molar-refractivity contribution in [1.82, 2.24) is 19.6 Å². The summed E-state index contributed by atoms with van der Waals surface area (Å²) in [5.41, 5.74) is 5.97. The quantitative estimate of drug-likeness (QED) is 0.736. The molecule has 0 saturated carbocycles. The molecule has 0 saturated heterocycles. The Labute approximate surface area is 111 Å². The Kier molecular flexibility index (Phi) is 3.57. The van der Waals surface area contributed by atoms with Gasteiger partial charge in [-0.1, -0.05) is 13.8 Å². The number of H-pyrrole nitrogens is 1. The molecule has 0 fully saturated rings. The van der Waals surface area contributed by atoms with Gasteiger partial charge in [0.2, 0.25) is 0 Å². The number of nitrogens with two attached hydrogens (primary N) is 1. The molecule has 0 aliphatic carbocycles. The summed E-state index contributed by atoms with van der Waals surface area (Å²) in [5, 5.41) is 9.75. The van der Waals surface area contributed by atoms with Gasteiger partial charge in [0.05, 0.1) is 5.54 Å². The number of hydrogen-bond acceptors (Lipinski definition) is 5. The van der Waals surface area contributed by atoms with Gasteiger partial charge in [-0.3, -0.25) is 0 Å². The summed E-state index contributed by atoms with van der Waals surface area (Å²) in [7, 11) is 0. The second-order valence-corrected chi connectivity index (χ2v) is 4.73. The molecule has 19 heavy (non-hydrogen) atoms. The van der Waals surface area contributed by atoms with E-state index in [-0.39, 0.29) is 11.2 Å². The van der Waals surface area contributed by atoms with Crippen LogP contribution in [-0.4, -0.2) is 31.7 Å². The van der Waals surface area contributed by atoms with Crippen molar-refractivity contribution in [2.75, 3.05) is 11.9 Å². The molecule has 2 aromatic heterocycles. The Morgan fingerprint density at radius 3 is 2.74 bits per heavy atom. The van der Waals surface area contributed by atoms with Gasteiger partial charge in [0.15, 0.2) is 5.65 Å². The van der Waals surface area contributed by atoms with Gasteiger partial charge in [0.1, 0.15) is 11.6 Å². The molecule has 0 radical (unpaired) electrons. The van der Waals surface area contributed by atoms with Crippen LogP contribution in [-0.2, 0) is 0 Å². The zero-order valence-corrected chi connectivity index (χ0v) is 11.5. The summed E-state index contributed by atoms with van der Waals surface area (Å²) in [6, 6.07) is 1.75. The predicted octanol–water partition coefficient (Wildman–Crippen LogP) is 0.655. The molecule has 4 N–H and O–H groups in total. The molecule has 0 bridgehead atoms. The average molecular weight is 264 g/mol. The minimum absolute atomic E-state index is 0.172. The summed E-state index contributed by atoms with van der Waals surface area (Å²) in [4.78, 5) is 15.9. The molecule has 0 aromatic carbocycles. The van der Waals surface area contributed by atoms with Crippen molar-refractivity contribution in [2.45, 2.75) is 39.2 Å². The largest absolute Gasteiger partial charge is 0.363 e. The Bertz CT molecular complexity index is 616. The third-order valence-corrected chi connectivity index (χ3v) is 3.71. The summed E-state index contributed by atoms with van der Waals surface area (Å²) >= 11 is 0. The molecule has 0 amide bonds. The van der Waals surface area contributed by atoms with E-state index in [2.05, 4.69) is 34.3 Å². The highest BCUT2D eigenvalue weighted by Gasteiger charge is 2.24. The van der Waals surface area contributed by atoms with E-state index in [1.54, 1.807) is 13.0 Å². The van der Waals surface area contributed by atoms with Gasteiger partial charge < -0.3 is 11.1 Å². The number of aromatic amines is 1. The number of fused-ring (bicyclic) bond motifs is 1. The van der Waals surface area contributed by atoms with Crippen LogP contribution < -0.4 is 16.7 Å². The zero-order valence-electron chi connectivity index (χ0n) is 11.5. The van der Waals surface area contributed by atoms with Crippen LogP contribution in [0, 0.1) is 6.92 Å². The molecule has 7 heteroatoms. The van der Waals surface area contributed by atoms with Gasteiger partial charge in [0.25, 0.3) is 0 Å². The van der Waals surface area contributed by atoms with E-state index in [1.165, 1.54) is 4.40 Å². The molecule has 7 nitrogen and oxygen atoms in total. The van der Waals surface area contributed by atoms with E-state index >= 15 is 0 Å². The fraction of sp³-hybridized carbons (Fsp3) is 0.583. The van der Waals surface area contributed by atoms with Crippen molar-refractivity contribution in [1.29, 1.82) is 0 Å². The van der Waals surface area contributed by atoms with Crippen molar-refractivity contribution < 1.29 is 0 Å². The van der Waals surface area contributed by atoms with Crippen LogP contribution >= 0.6 is 0 Å². The van der Waals surface area contributed by atoms with E-state index < -0.39 is 0 Å². The molecule has 0 aliphatic rings. The van der Waals surface area contributed by atoms with Crippen molar-refractivity contribution in [3.63, 3.8) is 0 Å². The van der Waals surface area contributed by atoms with Gasteiger partial charge in [-0.05, 0) is 19.8 Å². The lowest BCUT2D eigenvalue weighted by Gasteiger charge is -2.32. The molecule has 0 spiro atoms. The molecule has 0 atom stereocenters. The van der Waals surface area contributed by atoms with E-state index in [4.69, 9.17) is 5.73 Å². The maximum Gasteiger partial charge on any atom is 0.349 e. The smallest absolute Gasteiger partial charge is 0.349 e. The number of rotatable bonds is 5. The first-order valence-electron chi connectivity index (χ1n) is 6.48. The number of nitrogens with one attached hydrogen (secondary N) is 2. The monoisotopic (exact) mass is 264 g/mol. The molecule has 2 heterocycles. The number of anilines is 1. The first-order valence-corrected chi connectivity index (χ1v) is 6.48. The summed E-state index contributed by atoms with van der Waals surface area (Å²) in [5.74, 6) is 1.29. The van der Waals surface area contributed by atoms with Gasteiger partial charge in [-0.15, -0.1) is 0 Å². The minimum atomic E-state index is -0.275. The standard InChI is InChI=1S/C12H20N6O/c1-4-12(5-2,7-13)15-9-6-10-16-17-11(19)18(10)8(3)14-9/h6,15H,4-5,7,13H2,1-3H3,(H,17,19). The molecular weight excluding hydrogens is 244 g/mol. The van der Waals surface area contributed by atoms with E-state index in [9.17, 15) is 4.79 Å². The first kappa shape index (κ1) is 13.5. The topological polar surface area (TPSA) is 101 Å². The Morgan fingerprint density at radius 1 is 1.47 bits per heavy atom. The Hall–Kier alpha value is -1.89. The van der Waals surface area contributed by atoms with E-state index in [0.717, 1.165) is 12.8 Å². The lowest BCUT2D eigenvalue weighted by atomic mass is 9.93. The van der Waals surface area contributed by atoms with Crippen LogP contribution in [0.15, 0.2) is 10.9 Å². The highest BCUT2D eigenvalue weighted by molar-refractivity contribution is 5.51. The Balaban J connectivity index is 2.44. The third kappa shape index (κ3) is 2.33. The number of aryl methyl sites for hydroxylation is 1. The molecule has 2 aromatic rings. The van der Waals surface area contributed by atoms with Crippen LogP contribution in [0.25, 0.3) is 5.65 Å². The van der Waals surface area contributed by atoms with Crippen LogP contribution in [0.5, 0.6) is 0 Å². The van der Waals surface area contributed by atoms with Crippen molar-refractivity contribution in [2.24, 2.45) is 5.73 Å². The highest BCUT2D eigenvalue weighted by Crippen LogP contribution is 2.20. The molecule has 0 aliphatic heterocycles. The normalized spacial score (nSPS) is 12.0. The summed E-state index contributed by atoms with van der Waals surface area (Å²) in [6.07, 6.45) is 1.80. The fourth-order valence-electron chi connectivity index (χ4n) is 2.20. The number of hydrogen-bond donors (Lipinski definition) is 3. The molecular formula is C12H20N6O. The average Bonchev–Trinajstić information content (AvgIpc) is 2.78. The van der Waals surface area contributed by atoms with E-state index in [1.807, 2.05) is 0 Å². The highest BCUT2D eigenvalue weighted by atomic mass is 16.1. The van der Waals surface area contributed by atoms with Gasteiger partial charge >= 0.3 is 5.69 Å². The van der Waals surface area contributed by atoms with Gasteiger partial charge in [-0.25, -0.2) is 19.3 Å². The maximum absolute atomic E-state index is 11.5. The van der Waals surface area contributed by atoms with Crippen LogP contribution in [0.3, 0.4) is 0 Å². The lowest BCUT2D eigenvalue weighted by Crippen LogP contribution is -2.44. The third-order valence-electron chi connectivity index (χ3n) is 3.71. The predicted molar refractivity (Wildman–Crippen MR) is 74.3 cm³/mol. The zero-order chi connectivity index (χ0) is 14.0. The molecule has 0 unspecified atom stereocenters. The van der Waals surface area contributed by atoms with Crippen molar-refractivity contribution in [3.05, 3.63) is 22.4 Å². The van der Waals surface area contributed by atoms with Crippen LogP contribution in [0.2, 0.25) is 0 Å². The second kappa shape index (κ2) is 5.00. The van der Waals surface area contributed by atoms with Gasteiger partial charge in [0, 0.05) is 12.6 Å². The SMILES string of the molecule is CCC(CC)(CN)Nc1cc2n[nH]c(=O)n2c(C)n1. The van der Waals surface area contributed by atoms with Crippen molar-refractivity contribution >= 4 is 11.5 Å². The summed E-state index contributed by atoms with van der Waals surface area (Å²) in [6.45, 7) is 6.48.